The molecule has 10 heterocycles. The number of piperidine rings is 7. The molecular weight excluding hydrogens is 1380 g/mol. The summed E-state index contributed by atoms with van der Waals surface area (Å²) in [7, 11) is 14.5. The predicted molar refractivity (Wildman–Crippen MR) is 429 cm³/mol. The largest absolute Gasteiger partial charge is 0.481 e. The van der Waals surface area contributed by atoms with Gasteiger partial charge in [-0.25, -0.2) is 10.7 Å². The molecule has 38 heteroatoms. The summed E-state index contributed by atoms with van der Waals surface area (Å²) in [5.74, 6) is 9.71. The van der Waals surface area contributed by atoms with Crippen LogP contribution < -0.4 is 28.4 Å². The van der Waals surface area contributed by atoms with Crippen LogP contribution in [-0.2, 0) is 19.2 Å². The number of carboxylic acids is 1. The van der Waals surface area contributed by atoms with Gasteiger partial charge in [-0.3, -0.25) is 9.59 Å². The molecule has 30 nitrogen and oxygen atoms in total. The van der Waals surface area contributed by atoms with Crippen LogP contribution in [0.25, 0.3) is 0 Å². The van der Waals surface area contributed by atoms with Gasteiger partial charge in [-0.15, -0.1) is 0 Å². The zero-order valence-corrected chi connectivity index (χ0v) is 70.4. The second-order valence-electron chi connectivity index (χ2n) is 24.4. The normalized spacial score (nSPS) is 22.3. The lowest BCUT2D eigenvalue weighted by molar-refractivity contribution is -0.141. The molecule has 13 atom stereocenters. The van der Waals surface area contributed by atoms with Gasteiger partial charge >= 0.3 is 5.97 Å². The maximum Gasteiger partial charge on any atom is 0.332 e. The molecule has 3 aromatic heterocycles. The van der Waals surface area contributed by atoms with Crippen molar-refractivity contribution in [3.63, 3.8) is 0 Å². The summed E-state index contributed by atoms with van der Waals surface area (Å²) >= 11 is 0. The van der Waals surface area contributed by atoms with Crippen molar-refractivity contribution >= 4 is 104 Å². The van der Waals surface area contributed by atoms with Gasteiger partial charge in [0.05, 0.1) is 17.9 Å². The number of nitrogens with zero attached hydrogens (tertiary/aromatic N) is 15. The van der Waals surface area contributed by atoms with Crippen molar-refractivity contribution in [3.05, 3.63) is 35.1 Å². The smallest absolute Gasteiger partial charge is 0.332 e. The first-order chi connectivity index (χ1) is 43.9. The number of amides is 1. The van der Waals surface area contributed by atoms with Gasteiger partial charge in [-0.1, -0.05) is 53.7 Å². The van der Waals surface area contributed by atoms with Gasteiger partial charge in [-0.05, 0) is 177 Å². The van der Waals surface area contributed by atoms with Crippen LogP contribution >= 0.6 is 59.4 Å². The Balaban J connectivity index is -0.000000194. The number of likely N-dealkylation sites (tertiary alicyclic amines) is 5. The van der Waals surface area contributed by atoms with E-state index in [1.807, 2.05) is 55.8 Å². The highest BCUT2D eigenvalue weighted by Gasteiger charge is 2.27. The number of aliphatic carboxylic acids is 1. The van der Waals surface area contributed by atoms with Gasteiger partial charge in [0, 0.05) is 103 Å². The highest BCUT2D eigenvalue weighted by molar-refractivity contribution is 6.93. The quantitative estimate of drug-likeness (QED) is 0.0268. The van der Waals surface area contributed by atoms with E-state index in [1.54, 1.807) is 0 Å². The zero-order valence-electron chi connectivity index (χ0n) is 62.0. The molecule has 10 rings (SSSR count). The van der Waals surface area contributed by atoms with E-state index in [-0.39, 0.29) is 90.5 Å². The number of likely N-dealkylation sites (N-methyl/N-ethyl adjacent to an activating group) is 1. The molecule has 12 N–H and O–H groups in total. The van der Waals surface area contributed by atoms with Crippen LogP contribution in [0.5, 0.6) is 0 Å². The van der Waals surface area contributed by atoms with Crippen molar-refractivity contribution in [2.45, 2.75) is 170 Å². The molecular formula is C61H136B2N20O10P6. The van der Waals surface area contributed by atoms with E-state index in [4.69, 9.17) is 56.3 Å². The number of nitrogens with one attached hydrogen (secondary N) is 1. The minimum atomic E-state index is -0.833. The summed E-state index contributed by atoms with van der Waals surface area (Å²) in [5, 5.41) is 52.7. The SMILES string of the molecule is C.CC(=O)O.CC(=O)O/N=C(/N)C1CCCN(C)C1.CN1CCCC(/C(N)=N/O)C1.CN1CCCC(C#N)C1.CN1CCCC(C(N)=O)C1.C[B]C.C[B]N1CCCC(c2noc(C)n2)C1.Cc1nc(C2CCCN(C)C2)no1.Cc1nc(C2CCCNC2)no1.NO.P.P.P.P.P.P. The maximum absolute atomic E-state index is 10.7. The molecule has 1 amide bonds. The number of amidine groups is 2. The van der Waals surface area contributed by atoms with Crippen molar-refractivity contribution in [2.75, 3.05) is 127 Å². The number of primary amides is 1. The third-order valence-electron chi connectivity index (χ3n) is 15.8. The number of aryl methyl sites for hydroxylation is 3. The number of rotatable bonds is 8. The number of aromatic nitrogens is 6. The Labute approximate surface area is 614 Å². The zero-order chi connectivity index (χ0) is 69.0. The Kier molecular flexibility index (Phi) is 71.6. The lowest BCUT2D eigenvalue weighted by Crippen LogP contribution is -2.39. The number of carbonyl (C=O) groups is 3. The number of carboxylic acid groups (broad SMARTS) is 1. The first-order valence-corrected chi connectivity index (χ1v) is 32.4. The first kappa shape index (κ1) is 109. The average Bonchev–Trinajstić information content (AvgIpc) is 1.87. The monoisotopic (exact) mass is 1520 g/mol. The molecule has 0 aliphatic carbocycles. The van der Waals surface area contributed by atoms with Crippen LogP contribution in [0, 0.1) is 55.8 Å². The summed E-state index contributed by atoms with van der Waals surface area (Å²) in [4.78, 5) is 60.9. The molecule has 3 aromatic rings. The van der Waals surface area contributed by atoms with E-state index in [2.05, 4.69) is 128 Å². The molecule has 13 unspecified atom stereocenters. The molecule has 0 spiro atoms. The van der Waals surface area contributed by atoms with Gasteiger partial charge in [0.25, 0.3) is 5.97 Å². The number of nitriles is 1. The summed E-state index contributed by atoms with van der Waals surface area (Å²) in [6.07, 6.45) is 15.8. The Morgan fingerprint density at radius 2 is 0.919 bits per heavy atom. The van der Waals surface area contributed by atoms with Crippen molar-refractivity contribution in [2.24, 2.45) is 57.1 Å². The van der Waals surface area contributed by atoms with E-state index < -0.39 is 11.9 Å². The molecule has 0 aromatic carbocycles. The molecule has 0 saturated carbocycles. The van der Waals surface area contributed by atoms with Crippen LogP contribution in [0.4, 0.5) is 0 Å². The molecule has 7 fully saturated rings. The van der Waals surface area contributed by atoms with Gasteiger partial charge in [0.1, 0.15) is 19.0 Å². The van der Waals surface area contributed by atoms with Crippen LogP contribution in [-0.4, -0.2) is 246 Å². The first-order valence-electron chi connectivity index (χ1n) is 32.4. The lowest BCUT2D eigenvalue weighted by atomic mass is 9.87. The fourth-order valence-electron chi connectivity index (χ4n) is 11.1. The standard InChI is InChI=1S/C9H15BN3O.C9H17N3O2.C9H15N3O.C8H13N3O.C7H15N3O.C7H14N2O.C7H12N2.C2H6B.C2H4O2.CH4.H3NO.6H3P/c1-7-11-9(12-14-7)8-4-3-5-13(6-8)10-2;1-7(13)14-11-9(10)8-4-3-5-12(2)6-8;1-7-10-9(11-13-7)8-4-3-5-12(2)6-8;1-6-10-8(11-12-6)7-3-2-4-9-5-7;1-10-4-2-3-6(5-10)7(8)9-11;1-9-4-2-3-6(5-9)7(8)10;1-9-4-2-3-7(5-8)6-9;1-3-2;1-2(3)4;;1-2;;;;;;/h8H,3-6H2,1-2H3;8H,3-6H2,1-2H3,(H2,10,11);8H,3-6H2,1-2H3;7,9H,2-5H2,1H3;6,11H,2-5H2,1H3,(H2,8,9);6H,2-5H2,1H3,(H2,8,10);7H,2-4,6H2,1H3;1-2H3;1H3,(H,3,4);1H4;2H,1H2;6*1H3. The molecule has 7 saturated heterocycles. The fourth-order valence-corrected chi connectivity index (χ4v) is 11.1. The van der Waals surface area contributed by atoms with E-state index >= 15 is 0 Å². The molecule has 0 bridgehead atoms. The predicted octanol–water partition coefficient (Wildman–Crippen LogP) is 5.36. The molecule has 99 heavy (non-hydrogen) atoms. The molecule has 576 valence electrons. The van der Waals surface area contributed by atoms with Crippen LogP contribution in [0.3, 0.4) is 0 Å². The Hall–Kier alpha value is -3.59. The van der Waals surface area contributed by atoms with Crippen LogP contribution in [0.2, 0.25) is 20.5 Å². The Morgan fingerprint density at radius 1 is 0.566 bits per heavy atom. The number of hydrogen-bond acceptors (Lipinski definition) is 26. The average molecular weight is 1520 g/mol. The summed E-state index contributed by atoms with van der Waals surface area (Å²) in [6, 6.07) is 2.29. The van der Waals surface area contributed by atoms with Crippen LogP contribution in [0.15, 0.2) is 23.9 Å². The number of carbonyl (C=O) groups excluding carboxylic acids is 2. The topological polar surface area (TPSA) is 422 Å². The van der Waals surface area contributed by atoms with Crippen molar-refractivity contribution in [1.82, 2.24) is 65.0 Å². The maximum atomic E-state index is 10.7. The minimum Gasteiger partial charge on any atom is -0.481 e. The van der Waals surface area contributed by atoms with Gasteiger partial charge < -0.3 is 85.8 Å². The number of oxime groups is 2. The lowest BCUT2D eigenvalue weighted by Gasteiger charge is -2.29. The van der Waals surface area contributed by atoms with Gasteiger partial charge in [0.15, 0.2) is 17.5 Å². The summed E-state index contributed by atoms with van der Waals surface area (Å²) < 4.78 is 14.9. The number of hydrogen-bond donors (Lipinski definition) is 8. The second kappa shape index (κ2) is 65.2. The molecule has 2 radical (unpaired) electrons. The van der Waals surface area contributed by atoms with E-state index in [1.165, 1.54) is 58.4 Å². The second-order valence-corrected chi connectivity index (χ2v) is 24.4. The third-order valence-corrected chi connectivity index (χ3v) is 15.8. The van der Waals surface area contributed by atoms with E-state index in [0.717, 1.165) is 154 Å². The highest BCUT2D eigenvalue weighted by atomic mass is 31.0. The molecule has 7 aliphatic heterocycles. The third kappa shape index (κ3) is 50.5. The summed E-state index contributed by atoms with van der Waals surface area (Å²) in [6.45, 7) is 28.6. The number of nitrogens with two attached hydrogens (primary N) is 4. The summed E-state index contributed by atoms with van der Waals surface area (Å²) in [5.41, 5.74) is 16.4. The van der Waals surface area contributed by atoms with Gasteiger partial charge in [-0.2, -0.15) is 79.6 Å². The minimum absolute atomic E-state index is 0. The van der Waals surface area contributed by atoms with Crippen molar-refractivity contribution in [1.29, 1.82) is 5.26 Å². The van der Waals surface area contributed by atoms with Crippen molar-refractivity contribution < 1.29 is 48.3 Å². The van der Waals surface area contributed by atoms with E-state index in [9.17, 15) is 9.59 Å². The van der Waals surface area contributed by atoms with E-state index in [0.29, 0.717) is 53.0 Å². The Morgan fingerprint density at radius 3 is 1.24 bits per heavy atom. The highest BCUT2D eigenvalue weighted by Crippen LogP contribution is 2.26. The van der Waals surface area contributed by atoms with Crippen LogP contribution in [0.1, 0.15) is 164 Å². The molecule has 7 aliphatic rings. The van der Waals surface area contributed by atoms with Crippen molar-refractivity contribution in [3.8, 4) is 6.07 Å². The Bertz CT molecular complexity index is 2560. The fraction of sp³-hybridized carbons (Fsp3) is 0.803. The van der Waals surface area contributed by atoms with Gasteiger partial charge in [0.2, 0.25) is 31.0 Å².